The van der Waals surface area contributed by atoms with Crippen LogP contribution in [-0.2, 0) is 0 Å². The van der Waals surface area contributed by atoms with Crippen molar-refractivity contribution in [3.63, 3.8) is 0 Å². The Morgan fingerprint density at radius 1 is 1.40 bits per heavy atom. The predicted molar refractivity (Wildman–Crippen MR) is 45.0 cm³/mol. The maximum Gasteiger partial charge on any atom is 0.00104 e. The van der Waals surface area contributed by atoms with Crippen LogP contribution in [0.5, 0.6) is 0 Å². The largest absolute Gasteiger partial charge is 0.314 e. The number of rotatable bonds is 3. The zero-order chi connectivity index (χ0) is 7.56. The first-order chi connectivity index (χ1) is 4.68. The maximum absolute atomic E-state index is 3.47. The molecule has 0 aromatic rings. The molecular weight excluding hydrogens is 122 g/mol. The topological polar surface area (TPSA) is 12.0 Å². The van der Waals surface area contributed by atoms with Gasteiger partial charge in [0, 0.05) is 6.04 Å². The number of hydrogen-bond acceptors (Lipinski definition) is 1. The Balaban J connectivity index is 1.95. The van der Waals surface area contributed by atoms with Crippen molar-refractivity contribution in [2.24, 2.45) is 11.8 Å². The Labute approximate surface area is 64.2 Å². The molecule has 10 heavy (non-hydrogen) atoms. The molecular formula is C9H19N. The quantitative estimate of drug-likeness (QED) is 0.634. The lowest BCUT2D eigenvalue weighted by Crippen LogP contribution is -2.35. The summed E-state index contributed by atoms with van der Waals surface area (Å²) in [5, 5.41) is 3.47. The van der Waals surface area contributed by atoms with E-state index in [-0.39, 0.29) is 0 Å². The van der Waals surface area contributed by atoms with E-state index in [1.165, 1.54) is 19.4 Å². The van der Waals surface area contributed by atoms with Crippen LogP contribution in [-0.4, -0.2) is 12.6 Å². The molecule has 0 heterocycles. The summed E-state index contributed by atoms with van der Waals surface area (Å²) >= 11 is 0. The van der Waals surface area contributed by atoms with Gasteiger partial charge in [-0.1, -0.05) is 20.8 Å². The van der Waals surface area contributed by atoms with Crippen LogP contribution in [0.4, 0.5) is 0 Å². The molecule has 1 nitrogen and oxygen atoms in total. The molecule has 1 rings (SSSR count). The molecule has 1 saturated carbocycles. The first-order valence-electron chi connectivity index (χ1n) is 4.42. The summed E-state index contributed by atoms with van der Waals surface area (Å²) in [5.74, 6) is 1.98. The predicted octanol–water partition coefficient (Wildman–Crippen LogP) is 2.03. The second-order valence-corrected chi connectivity index (χ2v) is 4.01. The average Bonchev–Trinajstić information content (AvgIpc) is 1.77. The normalized spacial score (nSPS) is 32.4. The molecule has 0 saturated heterocycles. The standard InChI is InChI=1S/C9H19N/c1-7(2)10-6-9-4-8(3)5-9/h7-10H,4-6H2,1-3H3/t8-,9+. The second-order valence-electron chi connectivity index (χ2n) is 4.01. The van der Waals surface area contributed by atoms with Crippen LogP contribution < -0.4 is 5.32 Å². The monoisotopic (exact) mass is 141 g/mol. The lowest BCUT2D eigenvalue weighted by atomic mass is 9.76. The molecule has 1 aliphatic carbocycles. The van der Waals surface area contributed by atoms with E-state index in [0.29, 0.717) is 6.04 Å². The van der Waals surface area contributed by atoms with Crippen molar-refractivity contribution in [3.8, 4) is 0 Å². The minimum Gasteiger partial charge on any atom is -0.314 e. The van der Waals surface area contributed by atoms with Crippen LogP contribution in [0.1, 0.15) is 33.6 Å². The Hall–Kier alpha value is -0.0400. The summed E-state index contributed by atoms with van der Waals surface area (Å²) in [7, 11) is 0. The Morgan fingerprint density at radius 3 is 2.40 bits per heavy atom. The Kier molecular flexibility index (Phi) is 2.72. The van der Waals surface area contributed by atoms with Crippen LogP contribution in [0, 0.1) is 11.8 Å². The molecule has 0 unspecified atom stereocenters. The van der Waals surface area contributed by atoms with Gasteiger partial charge in [-0.15, -0.1) is 0 Å². The van der Waals surface area contributed by atoms with E-state index in [1.807, 2.05) is 0 Å². The van der Waals surface area contributed by atoms with Crippen molar-refractivity contribution in [1.82, 2.24) is 5.32 Å². The first-order valence-corrected chi connectivity index (χ1v) is 4.42. The van der Waals surface area contributed by atoms with Crippen molar-refractivity contribution in [2.45, 2.75) is 39.7 Å². The zero-order valence-corrected chi connectivity index (χ0v) is 7.35. The van der Waals surface area contributed by atoms with Crippen molar-refractivity contribution in [1.29, 1.82) is 0 Å². The van der Waals surface area contributed by atoms with Gasteiger partial charge in [0.15, 0.2) is 0 Å². The summed E-state index contributed by atoms with van der Waals surface area (Å²) in [6.07, 6.45) is 2.89. The van der Waals surface area contributed by atoms with Gasteiger partial charge in [0.25, 0.3) is 0 Å². The summed E-state index contributed by atoms with van der Waals surface area (Å²) in [6, 6.07) is 0.663. The molecule has 0 amide bonds. The van der Waals surface area contributed by atoms with E-state index >= 15 is 0 Å². The fourth-order valence-corrected chi connectivity index (χ4v) is 1.64. The molecule has 1 fully saturated rings. The van der Waals surface area contributed by atoms with Gasteiger partial charge in [0.2, 0.25) is 0 Å². The van der Waals surface area contributed by atoms with E-state index in [9.17, 15) is 0 Å². The van der Waals surface area contributed by atoms with E-state index in [2.05, 4.69) is 26.1 Å². The van der Waals surface area contributed by atoms with Gasteiger partial charge in [-0.05, 0) is 31.2 Å². The van der Waals surface area contributed by atoms with Gasteiger partial charge in [-0.3, -0.25) is 0 Å². The van der Waals surface area contributed by atoms with Crippen LogP contribution >= 0.6 is 0 Å². The minimum atomic E-state index is 0.663. The average molecular weight is 141 g/mol. The molecule has 0 aromatic carbocycles. The van der Waals surface area contributed by atoms with Gasteiger partial charge in [0.05, 0.1) is 0 Å². The molecule has 1 heteroatoms. The highest BCUT2D eigenvalue weighted by molar-refractivity contribution is 4.78. The summed E-state index contributed by atoms with van der Waals surface area (Å²) in [5.41, 5.74) is 0. The van der Waals surface area contributed by atoms with Gasteiger partial charge < -0.3 is 5.32 Å². The third-order valence-electron chi connectivity index (χ3n) is 2.29. The van der Waals surface area contributed by atoms with Gasteiger partial charge in [0.1, 0.15) is 0 Å². The second kappa shape index (κ2) is 3.38. The number of nitrogens with one attached hydrogen (secondary N) is 1. The molecule has 0 atom stereocenters. The SMILES string of the molecule is CC(C)NC[C@H]1C[C@@H](C)C1. The highest BCUT2D eigenvalue weighted by Crippen LogP contribution is 2.32. The van der Waals surface area contributed by atoms with Crippen LogP contribution in [0.2, 0.25) is 0 Å². The van der Waals surface area contributed by atoms with Crippen molar-refractivity contribution < 1.29 is 0 Å². The zero-order valence-electron chi connectivity index (χ0n) is 7.35. The first kappa shape index (κ1) is 8.06. The highest BCUT2D eigenvalue weighted by atomic mass is 14.9. The minimum absolute atomic E-state index is 0.663. The van der Waals surface area contributed by atoms with E-state index in [1.54, 1.807) is 0 Å². The Bertz CT molecular complexity index is 92.9. The van der Waals surface area contributed by atoms with Gasteiger partial charge in [-0.2, -0.15) is 0 Å². The summed E-state index contributed by atoms with van der Waals surface area (Å²) < 4.78 is 0. The molecule has 0 aromatic heterocycles. The Morgan fingerprint density at radius 2 is 2.00 bits per heavy atom. The molecule has 60 valence electrons. The lowest BCUT2D eigenvalue weighted by molar-refractivity contribution is 0.203. The lowest BCUT2D eigenvalue weighted by Gasteiger charge is -2.33. The van der Waals surface area contributed by atoms with Crippen LogP contribution in [0.15, 0.2) is 0 Å². The fourth-order valence-electron chi connectivity index (χ4n) is 1.64. The van der Waals surface area contributed by atoms with Crippen molar-refractivity contribution in [3.05, 3.63) is 0 Å². The van der Waals surface area contributed by atoms with Gasteiger partial charge in [-0.25, -0.2) is 0 Å². The maximum atomic E-state index is 3.47. The van der Waals surface area contributed by atoms with Crippen LogP contribution in [0.3, 0.4) is 0 Å². The van der Waals surface area contributed by atoms with Crippen LogP contribution in [0.25, 0.3) is 0 Å². The molecule has 0 spiro atoms. The van der Waals surface area contributed by atoms with E-state index in [4.69, 9.17) is 0 Å². The smallest absolute Gasteiger partial charge is 0.00104 e. The van der Waals surface area contributed by atoms with E-state index < -0.39 is 0 Å². The van der Waals surface area contributed by atoms with E-state index in [0.717, 1.165) is 11.8 Å². The van der Waals surface area contributed by atoms with Crippen molar-refractivity contribution in [2.75, 3.05) is 6.54 Å². The molecule has 0 radical (unpaired) electrons. The molecule has 0 aliphatic heterocycles. The van der Waals surface area contributed by atoms with Gasteiger partial charge >= 0.3 is 0 Å². The third-order valence-corrected chi connectivity index (χ3v) is 2.29. The fraction of sp³-hybridized carbons (Fsp3) is 1.00. The molecule has 0 bridgehead atoms. The summed E-state index contributed by atoms with van der Waals surface area (Å²) in [4.78, 5) is 0. The highest BCUT2D eigenvalue weighted by Gasteiger charge is 2.24. The molecule has 1 aliphatic rings. The number of hydrogen-bond donors (Lipinski definition) is 1. The van der Waals surface area contributed by atoms with Crippen molar-refractivity contribution >= 4 is 0 Å². The summed E-state index contributed by atoms with van der Waals surface area (Å²) in [6.45, 7) is 8.00. The molecule has 1 N–H and O–H groups in total. The third kappa shape index (κ3) is 2.30.